The molecule has 0 radical (unpaired) electrons. The van der Waals surface area contributed by atoms with Crippen LogP contribution in [0.2, 0.25) is 0 Å². The van der Waals surface area contributed by atoms with Crippen LogP contribution in [0, 0.1) is 0 Å². The summed E-state index contributed by atoms with van der Waals surface area (Å²) in [6.45, 7) is 12.5. The third-order valence-corrected chi connectivity index (χ3v) is 33.5. The van der Waals surface area contributed by atoms with Gasteiger partial charge in [-0.3, -0.25) is 9.59 Å². The first-order valence-electron chi connectivity index (χ1n) is 46.7. The second kappa shape index (κ2) is 51.1. The predicted octanol–water partition coefficient (Wildman–Crippen LogP) is 26.0. The van der Waals surface area contributed by atoms with Crippen LogP contribution >= 0.6 is 0 Å². The molecule has 0 saturated carbocycles. The summed E-state index contributed by atoms with van der Waals surface area (Å²) >= 11 is 0. The lowest BCUT2D eigenvalue weighted by Gasteiger charge is -2.21. The maximum atomic E-state index is 12.9. The molecule has 18 nitrogen and oxygen atoms in total. The summed E-state index contributed by atoms with van der Waals surface area (Å²) in [5.41, 5.74) is 4.83. The molecule has 1 saturated heterocycles. The van der Waals surface area contributed by atoms with E-state index in [4.69, 9.17) is 18.9 Å². The van der Waals surface area contributed by atoms with Crippen molar-refractivity contribution in [2.24, 2.45) is 0 Å². The quantitative estimate of drug-likeness (QED) is 0.0145. The molecule has 1 aliphatic heterocycles. The third-order valence-electron chi connectivity index (χ3n) is 24.0. The van der Waals surface area contributed by atoms with Gasteiger partial charge in [0.2, 0.25) is 5.78 Å². The van der Waals surface area contributed by atoms with Gasteiger partial charge in [0.1, 0.15) is 64.9 Å². The highest BCUT2D eigenvalue weighted by molar-refractivity contribution is 7.98. The van der Waals surface area contributed by atoms with Crippen molar-refractivity contribution in [2.45, 2.75) is 135 Å². The molecule has 0 bridgehead atoms. The number of ether oxygens (including phenoxy) is 4. The highest BCUT2D eigenvalue weighted by Gasteiger charge is 2.31. The van der Waals surface area contributed by atoms with Gasteiger partial charge in [-0.05, 0) is 256 Å². The summed E-state index contributed by atoms with van der Waals surface area (Å²) in [5, 5.41) is 6.77. The molecule has 1 aliphatic rings. The van der Waals surface area contributed by atoms with Crippen LogP contribution in [0.3, 0.4) is 0 Å². The van der Waals surface area contributed by atoms with Gasteiger partial charge in [-0.25, -0.2) is 34.8 Å². The Morgan fingerprint density at radius 3 is 1.19 bits per heavy atom. The fourth-order valence-electron chi connectivity index (χ4n) is 15.8. The van der Waals surface area contributed by atoms with Crippen molar-refractivity contribution in [2.75, 3.05) is 42.4 Å². The minimum atomic E-state index is -4.79. The Morgan fingerprint density at radius 2 is 0.739 bits per heavy atom. The number of esters is 2. The lowest BCUT2D eigenvalue weighted by molar-refractivity contribution is -0.136. The van der Waals surface area contributed by atoms with Crippen molar-refractivity contribution < 1.29 is 77.0 Å². The van der Waals surface area contributed by atoms with Gasteiger partial charge in [0.05, 0.1) is 47.7 Å². The lowest BCUT2D eigenvalue weighted by atomic mass is 9.93. The fourth-order valence-corrected chi connectivity index (χ4v) is 24.1. The van der Waals surface area contributed by atoms with E-state index in [0.717, 1.165) is 86.7 Å². The number of rotatable bonds is 28. The molecule has 1 amide bonds. The molecule has 0 aromatic heterocycles. The van der Waals surface area contributed by atoms with Crippen LogP contribution in [-0.4, -0.2) is 100 Å². The molecule has 0 aliphatic carbocycles. The molecule has 17 aromatic rings. The van der Waals surface area contributed by atoms with E-state index in [9.17, 15) is 58.1 Å². The molecule has 726 valence electrons. The minimum Gasteiger partial charge on any atom is -0.744 e. The smallest absolute Gasteiger partial charge is 0.349 e. The summed E-state index contributed by atoms with van der Waals surface area (Å²) in [5.74, 6) is 4.73. The van der Waals surface area contributed by atoms with E-state index in [0.29, 0.717) is 62.8 Å². The Hall–Kier alpha value is -13.8. The summed E-state index contributed by atoms with van der Waals surface area (Å²) in [6.07, 6.45) is 5.77. The number of amides is 1. The number of fused-ring (bicyclic) bond motifs is 4. The van der Waals surface area contributed by atoms with Gasteiger partial charge >= 0.3 is 11.9 Å². The van der Waals surface area contributed by atoms with Gasteiger partial charge in [-0.15, -0.1) is 0 Å². The van der Waals surface area contributed by atoms with Crippen LogP contribution in [0.5, 0.6) is 23.0 Å². The number of Topliss-reactive ketones (excluding diaryl/α,β-unsaturated/α-hetero) is 1. The number of hydrogen-bond donors (Lipinski definition) is 0. The first-order chi connectivity index (χ1) is 68.5. The molecular formula is C118H111NO17S6. The monoisotopic (exact) mass is 2010 g/mol. The molecule has 1 fully saturated rings. The van der Waals surface area contributed by atoms with Crippen molar-refractivity contribution >= 4 is 135 Å². The van der Waals surface area contributed by atoms with Crippen LogP contribution in [0.25, 0.3) is 43.1 Å². The molecule has 3 unspecified atom stereocenters. The van der Waals surface area contributed by atoms with Crippen molar-refractivity contribution in [1.29, 1.82) is 0 Å². The van der Waals surface area contributed by atoms with E-state index < -0.39 is 47.2 Å². The number of ketones is 1. The molecule has 0 N–H and O–H groups in total. The minimum absolute atomic E-state index is 0.0146. The highest BCUT2D eigenvalue weighted by Crippen LogP contribution is 2.39. The van der Waals surface area contributed by atoms with Gasteiger partial charge in [0, 0.05) is 28.8 Å². The van der Waals surface area contributed by atoms with Crippen LogP contribution in [0.4, 0.5) is 5.69 Å². The topological polar surface area (TPSA) is 280 Å². The van der Waals surface area contributed by atoms with E-state index in [1.165, 1.54) is 112 Å². The van der Waals surface area contributed by atoms with E-state index in [1.807, 2.05) is 97.1 Å². The zero-order chi connectivity index (χ0) is 101. The van der Waals surface area contributed by atoms with E-state index in [1.54, 1.807) is 43.4 Å². The van der Waals surface area contributed by atoms with Crippen LogP contribution < -0.4 is 23.8 Å². The Labute approximate surface area is 841 Å². The Kier molecular flexibility index (Phi) is 38.0. The summed E-state index contributed by atoms with van der Waals surface area (Å²) in [4.78, 5) is 57.5. The first kappa shape index (κ1) is 106. The van der Waals surface area contributed by atoms with Crippen LogP contribution in [-0.2, 0) is 72.6 Å². The van der Waals surface area contributed by atoms with Gasteiger partial charge in [-0.1, -0.05) is 296 Å². The number of carbonyl (C=O) groups is 4. The SMILES string of the molecule is CCC(C)c1ccc(OC(=O)c2ccccc2S(=O)(=O)[O-])c2ccccc12.CCC(C)c1ccc2cc(OCC(=O)N(C)c3cccc4c(S(=O)(=O)[O-])cccc34)ccc2c1.CCC(C)c1ccc2cc(OCC(=O)Oc3ccc(S(=O)(=O)[O-])cc3)ccc2c1.O=C(C[S+]1CCCC1)c1ccccc1.c1ccc([S+](c2ccccc2)c2ccccc2)cc1.c1ccc([S+](c2ccccc2)c2ccccc2)cc1. The predicted molar refractivity (Wildman–Crippen MR) is 569 cm³/mol. The first-order valence-corrected chi connectivity index (χ1v) is 55.1. The summed E-state index contributed by atoms with van der Waals surface area (Å²) < 4.78 is 124. The van der Waals surface area contributed by atoms with Crippen molar-refractivity contribution in [3.05, 3.63) is 434 Å². The second-order valence-electron chi connectivity index (χ2n) is 33.7. The normalized spacial score (nSPS) is 12.5. The standard InChI is InChI=1S/C27H27NO5S.C22H22O6S.C21H20O5S.2C18H15S.C12H15OS/c1-4-18(2)19-11-12-21-16-22(14-13-20(21)15-19)33-17-27(29)28(3)25-9-5-8-24-23(25)7-6-10-26(24)34(30,31)32;1-3-15(2)16-4-5-18-13-20(7-6-17(18)12-16)27-14-22(23)28-19-8-10-21(11-9-19)29(24,25)26;1-3-14(2)15-12-13-19(17-9-5-4-8-16(15)17)26-21(22)18-10-6-7-11-20(18)27(23,24)25;2*1-4-10-16(11-5-1)19(17-12-6-2-7-13-17)18-14-8-3-9-15-18;13-12(10-14-8-4-5-9-14)11-6-2-1-3-7-11/h5-16,18H,4,17H2,1-3H3,(H,30,31,32);4-13,15H,3,14H2,1-2H3,(H,24,25,26);4-14H,3H2,1-2H3,(H,23,24,25);2*1-15H;1-3,6-7H,4-5,8-10H2/q;;;3*+1/p-3. The van der Waals surface area contributed by atoms with Crippen molar-refractivity contribution in [3.63, 3.8) is 0 Å². The van der Waals surface area contributed by atoms with Crippen molar-refractivity contribution in [1.82, 2.24) is 0 Å². The maximum absolute atomic E-state index is 12.9. The zero-order valence-electron chi connectivity index (χ0n) is 79.8. The molecule has 0 spiro atoms. The molecule has 24 heteroatoms. The molecule has 3 atom stereocenters. The molecule has 1 heterocycles. The average Bonchev–Trinajstić information content (AvgIpc) is 1.12. The van der Waals surface area contributed by atoms with Gasteiger partial charge in [0.15, 0.2) is 48.3 Å². The summed E-state index contributed by atoms with van der Waals surface area (Å²) in [7, 11) is -12.0. The Bertz CT molecular complexity index is 7160. The van der Waals surface area contributed by atoms with E-state index in [2.05, 4.69) is 254 Å². The number of hydrogen-bond acceptors (Lipinski definition) is 17. The fraction of sp³-hybridized carbons (Fsp3) is 0.169. The van der Waals surface area contributed by atoms with Gasteiger partial charge < -0.3 is 37.5 Å². The molecule has 17 aromatic carbocycles. The maximum Gasteiger partial charge on any atom is 0.349 e. The molecular weight excluding hydrogens is 1900 g/mol. The average molecular weight is 2010 g/mol. The van der Waals surface area contributed by atoms with Crippen LogP contribution in [0.15, 0.2) is 451 Å². The highest BCUT2D eigenvalue weighted by atomic mass is 32.2. The lowest BCUT2D eigenvalue weighted by Crippen LogP contribution is -2.31. The summed E-state index contributed by atoms with van der Waals surface area (Å²) in [6, 6.07) is 128. The van der Waals surface area contributed by atoms with Gasteiger partial charge in [0.25, 0.3) is 5.91 Å². The number of benzene rings is 17. The number of nitrogens with zero attached hydrogens (tertiary/aromatic N) is 1. The number of likely N-dealkylation sites (N-methyl/N-ethyl adjacent to an activating group) is 1. The second-order valence-corrected chi connectivity index (χ2v) is 44.1. The van der Waals surface area contributed by atoms with Gasteiger partial charge in [-0.2, -0.15) is 0 Å². The van der Waals surface area contributed by atoms with E-state index >= 15 is 0 Å². The Morgan fingerprint density at radius 1 is 0.359 bits per heavy atom. The zero-order valence-corrected chi connectivity index (χ0v) is 84.7. The van der Waals surface area contributed by atoms with Crippen molar-refractivity contribution in [3.8, 4) is 23.0 Å². The van der Waals surface area contributed by atoms with E-state index in [-0.39, 0.29) is 67.4 Å². The third kappa shape index (κ3) is 29.2. The number of carbonyl (C=O) groups excluding carboxylic acids is 4. The molecule has 18 rings (SSSR count). The number of anilines is 1. The largest absolute Gasteiger partial charge is 0.744 e. The van der Waals surface area contributed by atoms with Crippen LogP contribution in [0.1, 0.15) is 129 Å². The Balaban J connectivity index is 0.000000146. The molecule has 142 heavy (non-hydrogen) atoms.